The number of rotatable bonds is 4. The molecule has 3 N–H and O–H groups in total. The third-order valence-corrected chi connectivity index (χ3v) is 4.26. The first-order valence-corrected chi connectivity index (χ1v) is 7.48. The van der Waals surface area contributed by atoms with Gasteiger partial charge in [0.2, 0.25) is 10.0 Å². The number of para-hydroxylation sites is 1. The molecule has 6 heteroatoms. The van der Waals surface area contributed by atoms with Gasteiger partial charge in [-0.05, 0) is 31.4 Å². The van der Waals surface area contributed by atoms with Gasteiger partial charge in [0.15, 0.2) is 0 Å². The van der Waals surface area contributed by atoms with E-state index in [9.17, 15) is 8.42 Å². The molecule has 0 heterocycles. The summed E-state index contributed by atoms with van der Waals surface area (Å²) in [4.78, 5) is 0.131. The maximum atomic E-state index is 11.5. The van der Waals surface area contributed by atoms with Crippen LogP contribution in [0.25, 0.3) is 0 Å². The van der Waals surface area contributed by atoms with Crippen LogP contribution in [0.3, 0.4) is 0 Å². The minimum absolute atomic E-state index is 0.124. The molecule has 100 valence electrons. The molecule has 0 bridgehead atoms. The Bertz CT molecular complexity index is 516. The van der Waals surface area contributed by atoms with Crippen molar-refractivity contribution in [1.29, 1.82) is 0 Å². The van der Waals surface area contributed by atoms with Gasteiger partial charge in [-0.3, -0.25) is 0 Å². The molecular formula is C12H18N2O3S. The highest BCUT2D eigenvalue weighted by Crippen LogP contribution is 2.27. The fourth-order valence-electron chi connectivity index (χ4n) is 2.41. The van der Waals surface area contributed by atoms with Crippen molar-refractivity contribution in [3.63, 3.8) is 0 Å². The van der Waals surface area contributed by atoms with Crippen molar-refractivity contribution < 1.29 is 13.2 Å². The largest absolute Gasteiger partial charge is 0.379 e. The fourth-order valence-corrected chi connectivity index (χ4v) is 3.11. The molecule has 1 aliphatic rings. The molecule has 2 unspecified atom stereocenters. The van der Waals surface area contributed by atoms with Gasteiger partial charge in [0, 0.05) is 7.11 Å². The number of anilines is 1. The number of nitrogens with one attached hydrogen (secondary N) is 1. The second kappa shape index (κ2) is 5.26. The van der Waals surface area contributed by atoms with E-state index >= 15 is 0 Å². The van der Waals surface area contributed by atoms with Crippen LogP contribution in [-0.2, 0) is 14.8 Å². The zero-order chi connectivity index (χ0) is 13.2. The van der Waals surface area contributed by atoms with Crippen molar-refractivity contribution in [2.24, 2.45) is 5.14 Å². The summed E-state index contributed by atoms with van der Waals surface area (Å²) in [6.45, 7) is 0. The van der Waals surface area contributed by atoms with E-state index < -0.39 is 10.0 Å². The van der Waals surface area contributed by atoms with Gasteiger partial charge >= 0.3 is 0 Å². The van der Waals surface area contributed by atoms with Crippen LogP contribution in [0.15, 0.2) is 29.2 Å². The third kappa shape index (κ3) is 2.82. The predicted molar refractivity (Wildman–Crippen MR) is 69.9 cm³/mol. The normalized spacial score (nSPS) is 24.1. The number of hydrogen-bond acceptors (Lipinski definition) is 4. The fraction of sp³-hybridized carbons (Fsp3) is 0.500. The predicted octanol–water partition coefficient (Wildman–Crippen LogP) is 1.31. The molecule has 0 aliphatic heterocycles. The summed E-state index contributed by atoms with van der Waals surface area (Å²) in [6, 6.07) is 6.82. The van der Waals surface area contributed by atoms with Crippen LogP contribution in [0, 0.1) is 0 Å². The van der Waals surface area contributed by atoms with Gasteiger partial charge in [0.25, 0.3) is 0 Å². The molecule has 2 rings (SSSR count). The van der Waals surface area contributed by atoms with Gasteiger partial charge < -0.3 is 10.1 Å². The Labute approximate surface area is 107 Å². The van der Waals surface area contributed by atoms with E-state index in [0.29, 0.717) is 5.69 Å². The molecule has 1 fully saturated rings. The smallest absolute Gasteiger partial charge is 0.240 e. The van der Waals surface area contributed by atoms with Gasteiger partial charge in [-0.2, -0.15) is 0 Å². The SMILES string of the molecule is COC1CCCC1Nc1ccccc1S(N)(=O)=O. The van der Waals surface area contributed by atoms with E-state index in [1.807, 2.05) is 0 Å². The Morgan fingerprint density at radius 2 is 2.06 bits per heavy atom. The van der Waals surface area contributed by atoms with Gasteiger partial charge in [0.05, 0.1) is 17.8 Å². The Hall–Kier alpha value is -1.11. The third-order valence-electron chi connectivity index (χ3n) is 3.29. The minimum atomic E-state index is -3.70. The molecule has 0 aromatic heterocycles. The zero-order valence-corrected chi connectivity index (χ0v) is 11.1. The van der Waals surface area contributed by atoms with E-state index in [1.165, 1.54) is 6.07 Å². The van der Waals surface area contributed by atoms with Crippen molar-refractivity contribution in [3.05, 3.63) is 24.3 Å². The Morgan fingerprint density at radius 1 is 1.33 bits per heavy atom. The van der Waals surface area contributed by atoms with E-state index in [-0.39, 0.29) is 17.0 Å². The summed E-state index contributed by atoms with van der Waals surface area (Å²) >= 11 is 0. The molecule has 0 amide bonds. The molecule has 2 atom stereocenters. The quantitative estimate of drug-likeness (QED) is 0.864. The number of hydrogen-bond donors (Lipinski definition) is 2. The second-order valence-corrected chi connectivity index (χ2v) is 6.03. The van der Waals surface area contributed by atoms with E-state index in [0.717, 1.165) is 19.3 Å². The standard InChI is InChI=1S/C12H18N2O3S/c1-17-11-7-4-6-9(11)14-10-5-2-3-8-12(10)18(13,15)16/h2-3,5,8-9,11,14H,4,6-7H2,1H3,(H2,13,15,16). The lowest BCUT2D eigenvalue weighted by atomic mass is 10.2. The minimum Gasteiger partial charge on any atom is -0.379 e. The molecule has 1 aromatic rings. The maximum Gasteiger partial charge on any atom is 0.240 e. The molecule has 0 saturated heterocycles. The topological polar surface area (TPSA) is 81.4 Å². The van der Waals surface area contributed by atoms with Crippen LogP contribution in [0.4, 0.5) is 5.69 Å². The number of nitrogens with two attached hydrogens (primary N) is 1. The van der Waals surface area contributed by atoms with Gasteiger partial charge in [-0.15, -0.1) is 0 Å². The molecular weight excluding hydrogens is 252 g/mol. The number of sulfonamides is 1. The van der Waals surface area contributed by atoms with Gasteiger partial charge in [-0.25, -0.2) is 13.6 Å². The van der Waals surface area contributed by atoms with E-state index in [2.05, 4.69) is 5.32 Å². The van der Waals surface area contributed by atoms with Crippen LogP contribution < -0.4 is 10.5 Å². The Morgan fingerprint density at radius 3 is 2.72 bits per heavy atom. The first-order valence-electron chi connectivity index (χ1n) is 5.93. The van der Waals surface area contributed by atoms with Crippen LogP contribution >= 0.6 is 0 Å². The molecule has 0 radical (unpaired) electrons. The van der Waals surface area contributed by atoms with Crippen LogP contribution in [0.2, 0.25) is 0 Å². The number of ether oxygens (including phenoxy) is 1. The highest BCUT2D eigenvalue weighted by Gasteiger charge is 2.28. The summed E-state index contributed by atoms with van der Waals surface area (Å²) in [5.41, 5.74) is 0.550. The van der Waals surface area contributed by atoms with Crippen LogP contribution in [0.1, 0.15) is 19.3 Å². The first kappa shape index (κ1) is 13.3. The average Bonchev–Trinajstić information content (AvgIpc) is 2.75. The summed E-state index contributed by atoms with van der Waals surface area (Å²) in [6.07, 6.45) is 3.16. The summed E-state index contributed by atoms with van der Waals surface area (Å²) in [5, 5.41) is 8.43. The van der Waals surface area contributed by atoms with Crippen LogP contribution in [0.5, 0.6) is 0 Å². The molecule has 18 heavy (non-hydrogen) atoms. The van der Waals surface area contributed by atoms with Crippen molar-refractivity contribution >= 4 is 15.7 Å². The molecule has 1 aliphatic carbocycles. The summed E-state index contributed by atoms with van der Waals surface area (Å²) in [7, 11) is -2.03. The first-order chi connectivity index (χ1) is 8.52. The molecule has 1 saturated carbocycles. The maximum absolute atomic E-state index is 11.5. The van der Waals surface area contributed by atoms with E-state index in [1.54, 1.807) is 25.3 Å². The lowest BCUT2D eigenvalue weighted by molar-refractivity contribution is 0.101. The molecule has 1 aromatic carbocycles. The van der Waals surface area contributed by atoms with Crippen molar-refractivity contribution in [3.8, 4) is 0 Å². The van der Waals surface area contributed by atoms with Crippen molar-refractivity contribution in [2.45, 2.75) is 36.3 Å². The monoisotopic (exact) mass is 270 g/mol. The van der Waals surface area contributed by atoms with Gasteiger partial charge in [0.1, 0.15) is 4.90 Å². The van der Waals surface area contributed by atoms with E-state index in [4.69, 9.17) is 9.88 Å². The van der Waals surface area contributed by atoms with Gasteiger partial charge in [-0.1, -0.05) is 12.1 Å². The van der Waals surface area contributed by atoms with Crippen molar-refractivity contribution in [1.82, 2.24) is 0 Å². The lowest BCUT2D eigenvalue weighted by Gasteiger charge is -2.22. The average molecular weight is 270 g/mol. The zero-order valence-electron chi connectivity index (χ0n) is 10.3. The van der Waals surface area contributed by atoms with Crippen molar-refractivity contribution in [2.75, 3.05) is 12.4 Å². The van der Waals surface area contributed by atoms with Crippen LogP contribution in [-0.4, -0.2) is 27.7 Å². The Balaban J connectivity index is 2.24. The number of primary sulfonamides is 1. The Kier molecular flexibility index (Phi) is 3.89. The summed E-state index contributed by atoms with van der Waals surface area (Å²) in [5.74, 6) is 0. The molecule has 0 spiro atoms. The highest BCUT2D eigenvalue weighted by atomic mass is 32.2. The second-order valence-electron chi connectivity index (χ2n) is 4.50. The molecule has 5 nitrogen and oxygen atoms in total. The number of methoxy groups -OCH3 is 1. The number of benzene rings is 1. The lowest BCUT2D eigenvalue weighted by Crippen LogP contribution is -2.30. The highest BCUT2D eigenvalue weighted by molar-refractivity contribution is 7.89. The summed E-state index contributed by atoms with van der Waals surface area (Å²) < 4.78 is 28.3.